The van der Waals surface area contributed by atoms with E-state index in [9.17, 15) is 0 Å². The normalized spacial score (nSPS) is 42.6. The number of rotatable bonds is 4. The first-order valence-corrected chi connectivity index (χ1v) is 6.75. The quantitative estimate of drug-likeness (QED) is 0.798. The second-order valence-electron chi connectivity index (χ2n) is 6.74. The van der Waals surface area contributed by atoms with Crippen molar-refractivity contribution in [3.63, 3.8) is 0 Å². The molecule has 0 aliphatic heterocycles. The number of hydrogen-bond acceptors (Lipinski definition) is 2. The van der Waals surface area contributed by atoms with Gasteiger partial charge < -0.3 is 10.5 Å². The summed E-state index contributed by atoms with van der Waals surface area (Å²) in [7, 11) is 0. The van der Waals surface area contributed by atoms with E-state index in [-0.39, 0.29) is 6.04 Å². The lowest BCUT2D eigenvalue weighted by Crippen LogP contribution is -2.37. The molecule has 0 spiro atoms. The molecule has 0 saturated heterocycles. The first kappa shape index (κ1) is 12.4. The van der Waals surface area contributed by atoms with Crippen LogP contribution >= 0.6 is 0 Å². The van der Waals surface area contributed by atoms with Gasteiger partial charge in [-0.25, -0.2) is 0 Å². The number of fused-ring (bicyclic) bond motifs is 2. The molecule has 0 heterocycles. The van der Waals surface area contributed by atoms with Gasteiger partial charge in [0.05, 0.1) is 6.10 Å². The van der Waals surface area contributed by atoms with Crippen LogP contribution in [-0.2, 0) is 4.74 Å². The number of nitrogens with two attached hydrogens (primary N) is 1. The van der Waals surface area contributed by atoms with Crippen LogP contribution in [-0.4, -0.2) is 18.8 Å². The van der Waals surface area contributed by atoms with Crippen LogP contribution in [0.3, 0.4) is 0 Å². The molecule has 94 valence electrons. The zero-order valence-electron chi connectivity index (χ0n) is 11.3. The maximum absolute atomic E-state index is 6.11. The Bertz CT molecular complexity index is 261. The summed E-state index contributed by atoms with van der Waals surface area (Å²) in [5, 5.41) is 0. The van der Waals surface area contributed by atoms with Crippen molar-refractivity contribution in [1.82, 2.24) is 0 Å². The van der Waals surface area contributed by atoms with Gasteiger partial charge in [-0.2, -0.15) is 0 Å². The highest BCUT2D eigenvalue weighted by atomic mass is 16.5. The van der Waals surface area contributed by atoms with Crippen LogP contribution in [0, 0.1) is 16.7 Å². The number of hydrogen-bond donors (Lipinski definition) is 1. The second kappa shape index (κ2) is 3.99. The van der Waals surface area contributed by atoms with Gasteiger partial charge in [-0.15, -0.1) is 0 Å². The van der Waals surface area contributed by atoms with Gasteiger partial charge in [-0.05, 0) is 49.4 Å². The third-order valence-electron chi connectivity index (χ3n) is 5.61. The lowest BCUT2D eigenvalue weighted by molar-refractivity contribution is -0.0479. The van der Waals surface area contributed by atoms with Crippen LogP contribution in [0.25, 0.3) is 0 Å². The molecule has 2 aliphatic carbocycles. The van der Waals surface area contributed by atoms with Crippen molar-refractivity contribution in [2.75, 3.05) is 6.61 Å². The Morgan fingerprint density at radius 2 is 2.06 bits per heavy atom. The highest BCUT2D eigenvalue weighted by Crippen LogP contribution is 2.66. The maximum Gasteiger partial charge on any atom is 0.0636 e. The Labute approximate surface area is 99.9 Å². The predicted molar refractivity (Wildman–Crippen MR) is 67.2 cm³/mol. The fourth-order valence-electron chi connectivity index (χ4n) is 3.78. The van der Waals surface area contributed by atoms with Crippen molar-refractivity contribution in [3.8, 4) is 0 Å². The minimum Gasteiger partial charge on any atom is -0.378 e. The van der Waals surface area contributed by atoms with Crippen molar-refractivity contribution in [1.29, 1.82) is 0 Å². The zero-order valence-corrected chi connectivity index (χ0v) is 11.3. The summed E-state index contributed by atoms with van der Waals surface area (Å²) in [5.74, 6) is 0.873. The molecule has 2 aliphatic rings. The van der Waals surface area contributed by atoms with E-state index in [0.29, 0.717) is 16.9 Å². The summed E-state index contributed by atoms with van der Waals surface area (Å²) >= 11 is 0. The van der Waals surface area contributed by atoms with Gasteiger partial charge >= 0.3 is 0 Å². The molecule has 2 heteroatoms. The highest BCUT2D eigenvalue weighted by Gasteiger charge is 2.61. The Morgan fingerprint density at radius 3 is 2.50 bits per heavy atom. The smallest absolute Gasteiger partial charge is 0.0636 e. The molecular weight excluding hydrogens is 198 g/mol. The minimum absolute atomic E-state index is 0.263. The van der Waals surface area contributed by atoms with E-state index < -0.39 is 0 Å². The zero-order chi connectivity index (χ0) is 12.0. The van der Waals surface area contributed by atoms with Gasteiger partial charge in [0.2, 0.25) is 0 Å². The van der Waals surface area contributed by atoms with E-state index >= 15 is 0 Å². The molecule has 2 nitrogen and oxygen atoms in total. The first-order chi connectivity index (χ1) is 7.38. The third-order valence-corrected chi connectivity index (χ3v) is 5.61. The molecule has 2 N–H and O–H groups in total. The summed E-state index contributed by atoms with van der Waals surface area (Å²) < 4.78 is 6.11. The Kier molecular flexibility index (Phi) is 3.09. The van der Waals surface area contributed by atoms with Crippen LogP contribution in [0.5, 0.6) is 0 Å². The Morgan fingerprint density at radius 1 is 1.38 bits per heavy atom. The highest BCUT2D eigenvalue weighted by molar-refractivity contribution is 5.11. The van der Waals surface area contributed by atoms with Crippen molar-refractivity contribution in [2.24, 2.45) is 22.5 Å². The average molecular weight is 225 g/mol. The third kappa shape index (κ3) is 1.70. The molecule has 2 saturated carbocycles. The molecule has 0 aromatic rings. The molecule has 0 aromatic carbocycles. The van der Waals surface area contributed by atoms with Crippen LogP contribution in [0.2, 0.25) is 0 Å². The first-order valence-electron chi connectivity index (χ1n) is 6.75. The van der Waals surface area contributed by atoms with Crippen molar-refractivity contribution in [2.45, 2.75) is 65.5 Å². The summed E-state index contributed by atoms with van der Waals surface area (Å²) in [6, 6.07) is 0.263. The Balaban J connectivity index is 1.94. The van der Waals surface area contributed by atoms with Crippen molar-refractivity contribution >= 4 is 0 Å². The monoisotopic (exact) mass is 225 g/mol. The van der Waals surface area contributed by atoms with Gasteiger partial charge in [0.15, 0.2) is 0 Å². The molecular formula is C14H27NO. The van der Waals surface area contributed by atoms with Gasteiger partial charge in [-0.1, -0.05) is 20.8 Å². The molecule has 2 rings (SSSR count). The number of ether oxygens (including phenoxy) is 1. The lowest BCUT2D eigenvalue weighted by atomic mass is 9.70. The molecule has 0 radical (unpaired) electrons. The summed E-state index contributed by atoms with van der Waals surface area (Å²) in [4.78, 5) is 0. The molecule has 0 amide bonds. The van der Waals surface area contributed by atoms with E-state index in [4.69, 9.17) is 10.5 Å². The van der Waals surface area contributed by atoms with Gasteiger partial charge in [-0.3, -0.25) is 0 Å². The summed E-state index contributed by atoms with van der Waals surface area (Å²) in [5.41, 5.74) is 6.62. The maximum atomic E-state index is 6.11. The summed E-state index contributed by atoms with van der Waals surface area (Å²) in [6.07, 6.45) is 5.46. The molecule has 4 unspecified atom stereocenters. The van der Waals surface area contributed by atoms with Crippen LogP contribution in [0.15, 0.2) is 0 Å². The molecule has 2 bridgehead atoms. The van der Waals surface area contributed by atoms with Crippen molar-refractivity contribution in [3.05, 3.63) is 0 Å². The predicted octanol–water partition coefficient (Wildman–Crippen LogP) is 2.96. The van der Waals surface area contributed by atoms with Crippen LogP contribution < -0.4 is 5.73 Å². The van der Waals surface area contributed by atoms with Crippen LogP contribution in [0.1, 0.15) is 53.4 Å². The molecule has 4 atom stereocenters. The largest absolute Gasteiger partial charge is 0.378 e. The van der Waals surface area contributed by atoms with E-state index in [1.807, 2.05) is 0 Å². The lowest BCUT2D eigenvalue weighted by Gasteiger charge is -2.39. The van der Waals surface area contributed by atoms with Gasteiger partial charge in [0, 0.05) is 12.6 Å². The van der Waals surface area contributed by atoms with E-state index in [0.717, 1.165) is 18.9 Å². The molecule has 0 aromatic heterocycles. The minimum atomic E-state index is 0.263. The standard InChI is InChI=1S/C14H27NO/c1-10(15)6-8-16-12-9-11-5-7-14(12,4)13(11,2)3/h10-12H,5-9,15H2,1-4H3. The van der Waals surface area contributed by atoms with E-state index in [2.05, 4.69) is 27.7 Å². The average Bonchev–Trinajstić information content (AvgIpc) is 2.49. The second-order valence-corrected chi connectivity index (χ2v) is 6.74. The Hall–Kier alpha value is -0.0800. The molecule has 2 fully saturated rings. The van der Waals surface area contributed by atoms with Crippen LogP contribution in [0.4, 0.5) is 0 Å². The SMILES string of the molecule is CC(N)CCOC1CC2CCC1(C)C2(C)C. The summed E-state index contributed by atoms with van der Waals surface area (Å²) in [6.45, 7) is 10.2. The fourth-order valence-corrected chi connectivity index (χ4v) is 3.78. The van der Waals surface area contributed by atoms with E-state index in [1.165, 1.54) is 19.3 Å². The van der Waals surface area contributed by atoms with Crippen molar-refractivity contribution < 1.29 is 4.74 Å². The fraction of sp³-hybridized carbons (Fsp3) is 1.00. The topological polar surface area (TPSA) is 35.2 Å². The van der Waals surface area contributed by atoms with E-state index in [1.54, 1.807) is 0 Å². The molecule has 16 heavy (non-hydrogen) atoms. The van der Waals surface area contributed by atoms with Gasteiger partial charge in [0.1, 0.15) is 0 Å². The van der Waals surface area contributed by atoms with Gasteiger partial charge in [0.25, 0.3) is 0 Å².